The maximum atomic E-state index is 12.7. The Labute approximate surface area is 183 Å². The van der Waals surface area contributed by atoms with Crippen molar-refractivity contribution < 1.29 is 23.9 Å². The van der Waals surface area contributed by atoms with E-state index in [0.717, 1.165) is 22.2 Å². The van der Waals surface area contributed by atoms with Gasteiger partial charge in [-0.25, -0.2) is 0 Å². The van der Waals surface area contributed by atoms with Crippen molar-refractivity contribution in [1.82, 2.24) is 4.90 Å². The zero-order valence-corrected chi connectivity index (χ0v) is 18.1. The highest BCUT2D eigenvalue weighted by atomic mass is 35.5. The molecule has 1 aliphatic rings. The van der Waals surface area contributed by atoms with Crippen LogP contribution in [0.1, 0.15) is 11.1 Å². The third-order valence-electron chi connectivity index (χ3n) is 4.38. The number of rotatable bonds is 6. The summed E-state index contributed by atoms with van der Waals surface area (Å²) >= 11 is 6.73. The van der Waals surface area contributed by atoms with E-state index < -0.39 is 23.6 Å². The largest absolute Gasteiger partial charge is 0.497 e. The van der Waals surface area contributed by atoms with Crippen LogP contribution < -0.4 is 14.8 Å². The number of thioether (sulfide) groups is 1. The van der Waals surface area contributed by atoms with Crippen LogP contribution in [0.3, 0.4) is 0 Å². The molecule has 0 aromatic heterocycles. The van der Waals surface area contributed by atoms with Gasteiger partial charge in [-0.05, 0) is 54.6 Å². The van der Waals surface area contributed by atoms with Crippen molar-refractivity contribution in [3.05, 3.63) is 57.5 Å². The van der Waals surface area contributed by atoms with E-state index in [1.807, 2.05) is 6.92 Å². The van der Waals surface area contributed by atoms with Gasteiger partial charge in [-0.2, -0.15) is 0 Å². The summed E-state index contributed by atoms with van der Waals surface area (Å²) < 4.78 is 10.5. The SMILES string of the molecule is COc1ccc(/C=C2/SC(=O)N(CC(=O)Nc3cc(Cl)ccc3C)C2=O)c(OC)c1. The van der Waals surface area contributed by atoms with E-state index in [1.165, 1.54) is 14.2 Å². The molecule has 0 spiro atoms. The molecule has 1 fully saturated rings. The number of imide groups is 1. The van der Waals surface area contributed by atoms with Crippen LogP contribution in [0.5, 0.6) is 11.5 Å². The molecule has 2 aromatic carbocycles. The van der Waals surface area contributed by atoms with Crippen molar-refractivity contribution in [2.24, 2.45) is 0 Å². The Kier molecular flexibility index (Phi) is 6.69. The number of hydrogen-bond donors (Lipinski definition) is 1. The average Bonchev–Trinajstić information content (AvgIpc) is 2.98. The molecule has 3 amide bonds. The van der Waals surface area contributed by atoms with E-state index in [0.29, 0.717) is 27.8 Å². The zero-order valence-electron chi connectivity index (χ0n) is 16.5. The van der Waals surface area contributed by atoms with Crippen LogP contribution in [0.15, 0.2) is 41.3 Å². The summed E-state index contributed by atoms with van der Waals surface area (Å²) in [4.78, 5) is 38.5. The van der Waals surface area contributed by atoms with Crippen LogP contribution in [0, 0.1) is 6.92 Å². The number of ether oxygens (including phenoxy) is 2. The van der Waals surface area contributed by atoms with Crippen molar-refractivity contribution in [2.45, 2.75) is 6.92 Å². The maximum absolute atomic E-state index is 12.7. The van der Waals surface area contributed by atoms with Crippen LogP contribution in [-0.4, -0.2) is 42.7 Å². The molecule has 9 heteroatoms. The Morgan fingerprint density at radius 2 is 1.93 bits per heavy atom. The minimum absolute atomic E-state index is 0.204. The highest BCUT2D eigenvalue weighted by molar-refractivity contribution is 8.18. The van der Waals surface area contributed by atoms with Crippen LogP contribution >= 0.6 is 23.4 Å². The van der Waals surface area contributed by atoms with Crippen LogP contribution in [0.25, 0.3) is 6.08 Å². The first-order valence-electron chi connectivity index (χ1n) is 8.85. The first-order valence-corrected chi connectivity index (χ1v) is 10.0. The topological polar surface area (TPSA) is 84.9 Å². The van der Waals surface area contributed by atoms with Crippen molar-refractivity contribution in [3.8, 4) is 11.5 Å². The van der Waals surface area contributed by atoms with Crippen LogP contribution in [-0.2, 0) is 9.59 Å². The number of nitrogens with zero attached hydrogens (tertiary/aromatic N) is 1. The number of aryl methyl sites for hydroxylation is 1. The number of benzene rings is 2. The number of methoxy groups -OCH3 is 2. The number of halogens is 1. The van der Waals surface area contributed by atoms with Crippen LogP contribution in [0.2, 0.25) is 5.02 Å². The minimum atomic E-state index is -0.541. The molecule has 7 nitrogen and oxygen atoms in total. The second kappa shape index (κ2) is 9.23. The molecule has 156 valence electrons. The lowest BCUT2D eigenvalue weighted by Gasteiger charge is -2.14. The van der Waals surface area contributed by atoms with Gasteiger partial charge in [-0.3, -0.25) is 19.3 Å². The number of carbonyl (C=O) groups is 3. The molecule has 1 heterocycles. The predicted octanol–water partition coefficient (Wildman–Crippen LogP) is 4.34. The van der Waals surface area contributed by atoms with Gasteiger partial charge in [0.25, 0.3) is 11.1 Å². The molecule has 0 saturated carbocycles. The van der Waals surface area contributed by atoms with Gasteiger partial charge in [0.05, 0.1) is 19.1 Å². The fraction of sp³-hybridized carbons (Fsp3) is 0.190. The maximum Gasteiger partial charge on any atom is 0.294 e. The van der Waals surface area contributed by atoms with Gasteiger partial charge in [0.15, 0.2) is 0 Å². The van der Waals surface area contributed by atoms with E-state index in [9.17, 15) is 14.4 Å². The van der Waals surface area contributed by atoms with Crippen molar-refractivity contribution in [3.63, 3.8) is 0 Å². The normalized spacial score (nSPS) is 14.9. The fourth-order valence-corrected chi connectivity index (χ4v) is 3.78. The lowest BCUT2D eigenvalue weighted by Crippen LogP contribution is -2.36. The van der Waals surface area contributed by atoms with Gasteiger partial charge in [-0.15, -0.1) is 0 Å². The Balaban J connectivity index is 1.75. The molecular weight excluding hydrogens is 428 g/mol. The summed E-state index contributed by atoms with van der Waals surface area (Å²) in [5, 5.41) is 2.64. The number of hydrogen-bond acceptors (Lipinski definition) is 6. The Morgan fingerprint density at radius 3 is 2.63 bits per heavy atom. The molecule has 0 atom stereocenters. The number of nitrogens with one attached hydrogen (secondary N) is 1. The summed E-state index contributed by atoms with van der Waals surface area (Å²) in [6, 6.07) is 10.2. The smallest absolute Gasteiger partial charge is 0.294 e. The van der Waals surface area contributed by atoms with Gasteiger partial charge >= 0.3 is 0 Å². The number of anilines is 1. The Hall–Kier alpha value is -2.97. The summed E-state index contributed by atoms with van der Waals surface area (Å²) in [6.07, 6.45) is 1.56. The highest BCUT2D eigenvalue weighted by Crippen LogP contribution is 2.35. The Bertz CT molecular complexity index is 1050. The second-order valence-electron chi connectivity index (χ2n) is 6.38. The third-order valence-corrected chi connectivity index (χ3v) is 5.52. The number of amides is 3. The van der Waals surface area contributed by atoms with E-state index in [-0.39, 0.29) is 4.91 Å². The summed E-state index contributed by atoms with van der Waals surface area (Å²) in [7, 11) is 3.04. The molecule has 1 aliphatic heterocycles. The summed E-state index contributed by atoms with van der Waals surface area (Å²) in [5.74, 6) is 0.0622. The molecule has 0 aliphatic carbocycles. The monoisotopic (exact) mass is 446 g/mol. The van der Waals surface area contributed by atoms with Gasteiger partial charge in [-0.1, -0.05) is 17.7 Å². The molecule has 2 aromatic rings. The highest BCUT2D eigenvalue weighted by Gasteiger charge is 2.36. The van der Waals surface area contributed by atoms with Crippen LogP contribution in [0.4, 0.5) is 10.5 Å². The van der Waals surface area contributed by atoms with Gasteiger partial charge in [0, 0.05) is 22.3 Å². The van der Waals surface area contributed by atoms with Gasteiger partial charge < -0.3 is 14.8 Å². The fourth-order valence-electron chi connectivity index (χ4n) is 2.78. The molecular formula is C21H19ClN2O5S. The van der Waals surface area contributed by atoms with E-state index in [4.69, 9.17) is 21.1 Å². The average molecular weight is 447 g/mol. The predicted molar refractivity (Wildman–Crippen MR) is 117 cm³/mol. The lowest BCUT2D eigenvalue weighted by atomic mass is 10.1. The molecule has 1 N–H and O–H groups in total. The van der Waals surface area contributed by atoms with Gasteiger partial charge in [0.2, 0.25) is 5.91 Å². The zero-order chi connectivity index (χ0) is 21.8. The van der Waals surface area contributed by atoms with E-state index >= 15 is 0 Å². The quantitative estimate of drug-likeness (QED) is 0.664. The van der Waals surface area contributed by atoms with Crippen molar-refractivity contribution >= 4 is 52.2 Å². The Morgan fingerprint density at radius 1 is 1.17 bits per heavy atom. The van der Waals surface area contributed by atoms with Crippen molar-refractivity contribution in [2.75, 3.05) is 26.1 Å². The molecule has 0 bridgehead atoms. The summed E-state index contributed by atoms with van der Waals surface area (Å²) in [5.41, 5.74) is 1.95. The molecule has 0 unspecified atom stereocenters. The molecule has 0 radical (unpaired) electrons. The summed E-state index contributed by atoms with van der Waals surface area (Å²) in [6.45, 7) is 1.42. The second-order valence-corrected chi connectivity index (χ2v) is 7.81. The van der Waals surface area contributed by atoms with E-state index in [1.54, 1.807) is 42.5 Å². The molecule has 3 rings (SSSR count). The molecule has 1 saturated heterocycles. The first kappa shape index (κ1) is 21.7. The van der Waals surface area contributed by atoms with Gasteiger partial charge in [0.1, 0.15) is 18.0 Å². The molecule has 30 heavy (non-hydrogen) atoms. The standard InChI is InChI=1S/C21H19ClN2O5S/c1-12-4-6-14(22)9-16(12)23-19(25)11-24-20(26)18(30-21(24)27)8-13-5-7-15(28-2)10-17(13)29-3/h4-10H,11H2,1-3H3,(H,23,25)/b18-8+. The third kappa shape index (κ3) is 4.77. The lowest BCUT2D eigenvalue weighted by molar-refractivity contribution is -0.127. The minimum Gasteiger partial charge on any atom is -0.497 e. The van der Waals surface area contributed by atoms with E-state index in [2.05, 4.69) is 5.32 Å². The number of carbonyl (C=O) groups excluding carboxylic acids is 3. The first-order chi connectivity index (χ1) is 14.3. The van der Waals surface area contributed by atoms with Crippen molar-refractivity contribution in [1.29, 1.82) is 0 Å².